The highest BCUT2D eigenvalue weighted by Gasteiger charge is 2.36. The average molecular weight is 348 g/mol. The molecule has 1 N–H and O–H groups in total. The lowest BCUT2D eigenvalue weighted by molar-refractivity contribution is -0.145. The van der Waals surface area contributed by atoms with Crippen molar-refractivity contribution >= 4 is 23.7 Å². The van der Waals surface area contributed by atoms with Crippen LogP contribution in [0.2, 0.25) is 0 Å². The minimum atomic E-state index is -0.611. The maximum absolute atomic E-state index is 12.9. The summed E-state index contributed by atoms with van der Waals surface area (Å²) in [6.07, 6.45) is 0.696. The van der Waals surface area contributed by atoms with Gasteiger partial charge in [0.05, 0.1) is 25.0 Å². The summed E-state index contributed by atoms with van der Waals surface area (Å²) >= 11 is 0. The number of methoxy groups -OCH3 is 1. The summed E-state index contributed by atoms with van der Waals surface area (Å²) in [5.41, 5.74) is 0.677. The summed E-state index contributed by atoms with van der Waals surface area (Å²) < 4.78 is 9.87. The molecule has 25 heavy (non-hydrogen) atoms. The first-order chi connectivity index (χ1) is 11.9. The molecule has 2 rings (SSSR count). The van der Waals surface area contributed by atoms with Gasteiger partial charge in [-0.3, -0.25) is 10.1 Å². The first kappa shape index (κ1) is 18.8. The molecule has 1 saturated heterocycles. The molecule has 2 amide bonds. The summed E-state index contributed by atoms with van der Waals surface area (Å²) in [4.78, 5) is 38.1. The lowest BCUT2D eigenvalue weighted by atomic mass is 10.1. The fraction of sp³-hybridized carbons (Fsp3) is 0.500. The molecule has 0 aliphatic carbocycles. The van der Waals surface area contributed by atoms with Crippen LogP contribution in [0.5, 0.6) is 0 Å². The maximum Gasteiger partial charge on any atom is 0.411 e. The van der Waals surface area contributed by atoms with E-state index in [-0.39, 0.29) is 11.8 Å². The second-order valence-corrected chi connectivity index (χ2v) is 6.34. The Balaban J connectivity index is 2.15. The topological polar surface area (TPSA) is 84.9 Å². The van der Waals surface area contributed by atoms with Crippen molar-refractivity contribution in [2.45, 2.75) is 32.7 Å². The molecule has 1 heterocycles. The SMILES string of the molecule is COC(=O)[C@@H]1CCCN1C(=O)c1ccccc1NC(=O)OCC(C)C. The number of carbonyl (C=O) groups is 3. The maximum atomic E-state index is 12.9. The standard InChI is InChI=1S/C18H24N2O5/c1-12(2)11-25-18(23)19-14-8-5-4-7-13(14)16(21)20-10-6-9-15(20)17(22)24-3/h4-5,7-8,12,15H,6,9-11H2,1-3H3,(H,19,23)/t15-/m0/s1. The highest BCUT2D eigenvalue weighted by Crippen LogP contribution is 2.24. The summed E-state index contributed by atoms with van der Waals surface area (Å²) in [5, 5.41) is 2.60. The number of rotatable bonds is 5. The summed E-state index contributed by atoms with van der Waals surface area (Å²) in [6.45, 7) is 4.64. The van der Waals surface area contributed by atoms with Crippen LogP contribution in [0.1, 0.15) is 37.0 Å². The van der Waals surface area contributed by atoms with Gasteiger partial charge in [-0.15, -0.1) is 0 Å². The zero-order valence-corrected chi connectivity index (χ0v) is 14.8. The van der Waals surface area contributed by atoms with E-state index in [0.717, 1.165) is 6.42 Å². The first-order valence-electron chi connectivity index (χ1n) is 8.35. The highest BCUT2D eigenvalue weighted by molar-refractivity contribution is 6.04. The number of likely N-dealkylation sites (tertiary alicyclic amines) is 1. The van der Waals surface area contributed by atoms with Crippen LogP contribution in [0.3, 0.4) is 0 Å². The second kappa shape index (κ2) is 8.50. The molecule has 1 aliphatic rings. The van der Waals surface area contributed by atoms with Crippen molar-refractivity contribution < 1.29 is 23.9 Å². The summed E-state index contributed by atoms with van der Waals surface area (Å²) in [5.74, 6) is -0.520. The fourth-order valence-corrected chi connectivity index (χ4v) is 2.71. The number of anilines is 1. The molecule has 1 atom stereocenters. The van der Waals surface area contributed by atoms with Gasteiger partial charge >= 0.3 is 12.1 Å². The Labute approximate surface area is 147 Å². The number of para-hydroxylation sites is 1. The molecule has 1 fully saturated rings. The van der Waals surface area contributed by atoms with E-state index in [0.29, 0.717) is 30.8 Å². The van der Waals surface area contributed by atoms with Crippen molar-refractivity contribution in [2.75, 3.05) is 25.6 Å². The molecular weight excluding hydrogens is 324 g/mol. The Hall–Kier alpha value is -2.57. The molecule has 0 spiro atoms. The van der Waals surface area contributed by atoms with E-state index in [2.05, 4.69) is 5.32 Å². The number of nitrogens with one attached hydrogen (secondary N) is 1. The van der Waals surface area contributed by atoms with Crippen LogP contribution in [0, 0.1) is 5.92 Å². The van der Waals surface area contributed by atoms with Gasteiger partial charge in [-0.05, 0) is 30.9 Å². The van der Waals surface area contributed by atoms with Crippen molar-refractivity contribution in [3.05, 3.63) is 29.8 Å². The van der Waals surface area contributed by atoms with Gasteiger partial charge in [0.1, 0.15) is 6.04 Å². The van der Waals surface area contributed by atoms with E-state index in [9.17, 15) is 14.4 Å². The average Bonchev–Trinajstić information content (AvgIpc) is 3.09. The molecule has 7 nitrogen and oxygen atoms in total. The molecule has 0 radical (unpaired) electrons. The van der Waals surface area contributed by atoms with Gasteiger partial charge in [-0.2, -0.15) is 0 Å². The molecule has 1 aromatic rings. The van der Waals surface area contributed by atoms with Crippen molar-refractivity contribution in [3.63, 3.8) is 0 Å². The molecular formula is C18H24N2O5. The van der Waals surface area contributed by atoms with Gasteiger partial charge < -0.3 is 14.4 Å². The van der Waals surface area contributed by atoms with E-state index < -0.39 is 18.1 Å². The summed E-state index contributed by atoms with van der Waals surface area (Å²) in [6, 6.07) is 6.09. The number of nitrogens with zero attached hydrogens (tertiary/aromatic N) is 1. The molecule has 0 aromatic heterocycles. The minimum absolute atomic E-state index is 0.216. The molecule has 1 aromatic carbocycles. The van der Waals surface area contributed by atoms with Crippen molar-refractivity contribution in [1.82, 2.24) is 4.90 Å². The van der Waals surface area contributed by atoms with Crippen LogP contribution >= 0.6 is 0 Å². The van der Waals surface area contributed by atoms with Crippen LogP contribution in [0.15, 0.2) is 24.3 Å². The van der Waals surface area contributed by atoms with E-state index in [1.165, 1.54) is 12.0 Å². The van der Waals surface area contributed by atoms with Gasteiger partial charge in [-0.1, -0.05) is 26.0 Å². The Kier molecular flexibility index (Phi) is 6.38. The number of carbonyl (C=O) groups excluding carboxylic acids is 3. The van der Waals surface area contributed by atoms with Gasteiger partial charge in [0, 0.05) is 6.54 Å². The normalized spacial score (nSPS) is 16.6. The van der Waals surface area contributed by atoms with E-state index in [1.807, 2.05) is 13.8 Å². The Morgan fingerprint density at radius 2 is 2.00 bits per heavy atom. The smallest absolute Gasteiger partial charge is 0.411 e. The predicted octanol–water partition coefficient (Wildman–Crippen LogP) is 2.67. The molecule has 136 valence electrons. The Morgan fingerprint density at radius 1 is 1.28 bits per heavy atom. The number of hydrogen-bond acceptors (Lipinski definition) is 5. The lowest BCUT2D eigenvalue weighted by Gasteiger charge is -2.23. The molecule has 0 bridgehead atoms. The van der Waals surface area contributed by atoms with Crippen molar-refractivity contribution in [1.29, 1.82) is 0 Å². The van der Waals surface area contributed by atoms with Crippen LogP contribution in [-0.2, 0) is 14.3 Å². The molecule has 0 saturated carbocycles. The van der Waals surface area contributed by atoms with Gasteiger partial charge in [-0.25, -0.2) is 9.59 Å². The van der Waals surface area contributed by atoms with E-state index in [4.69, 9.17) is 9.47 Å². The number of benzene rings is 1. The number of amides is 2. The largest absolute Gasteiger partial charge is 0.467 e. The highest BCUT2D eigenvalue weighted by atomic mass is 16.5. The lowest BCUT2D eigenvalue weighted by Crippen LogP contribution is -2.41. The third kappa shape index (κ3) is 4.71. The monoisotopic (exact) mass is 348 g/mol. The molecule has 7 heteroatoms. The van der Waals surface area contributed by atoms with Crippen molar-refractivity contribution in [3.8, 4) is 0 Å². The van der Waals surface area contributed by atoms with E-state index in [1.54, 1.807) is 24.3 Å². The quantitative estimate of drug-likeness (QED) is 0.827. The second-order valence-electron chi connectivity index (χ2n) is 6.34. The Bertz CT molecular complexity index is 644. The number of hydrogen-bond donors (Lipinski definition) is 1. The number of esters is 1. The van der Waals surface area contributed by atoms with Crippen LogP contribution < -0.4 is 5.32 Å². The molecule has 1 aliphatic heterocycles. The minimum Gasteiger partial charge on any atom is -0.467 e. The third-order valence-corrected chi connectivity index (χ3v) is 3.93. The van der Waals surface area contributed by atoms with E-state index >= 15 is 0 Å². The van der Waals surface area contributed by atoms with Crippen LogP contribution in [0.25, 0.3) is 0 Å². The first-order valence-corrected chi connectivity index (χ1v) is 8.35. The number of ether oxygens (including phenoxy) is 2. The third-order valence-electron chi connectivity index (χ3n) is 3.93. The van der Waals surface area contributed by atoms with Crippen LogP contribution in [-0.4, -0.2) is 49.2 Å². The Morgan fingerprint density at radius 3 is 2.68 bits per heavy atom. The summed E-state index contributed by atoms with van der Waals surface area (Å²) in [7, 11) is 1.31. The zero-order chi connectivity index (χ0) is 18.4. The van der Waals surface area contributed by atoms with Gasteiger partial charge in [0.15, 0.2) is 0 Å². The molecule has 0 unspecified atom stereocenters. The zero-order valence-electron chi connectivity index (χ0n) is 14.8. The van der Waals surface area contributed by atoms with Gasteiger partial charge in [0.25, 0.3) is 5.91 Å². The fourth-order valence-electron chi connectivity index (χ4n) is 2.71. The van der Waals surface area contributed by atoms with Crippen LogP contribution in [0.4, 0.5) is 10.5 Å². The van der Waals surface area contributed by atoms with Gasteiger partial charge in [0.2, 0.25) is 0 Å². The predicted molar refractivity (Wildman–Crippen MR) is 92.3 cm³/mol. The van der Waals surface area contributed by atoms with Crippen molar-refractivity contribution in [2.24, 2.45) is 5.92 Å².